The SMILES string of the molecule is CC1CC(C)C(C)N(c2nc3c(s2)C(N)CCC3)C1. The summed E-state index contributed by atoms with van der Waals surface area (Å²) in [6, 6.07) is 0.824. The van der Waals surface area contributed by atoms with Crippen LogP contribution in [-0.4, -0.2) is 17.6 Å². The predicted octanol–water partition coefficient (Wildman–Crippen LogP) is 3.35. The average molecular weight is 279 g/mol. The lowest BCUT2D eigenvalue weighted by atomic mass is 9.86. The first-order chi connectivity index (χ1) is 9.06. The quantitative estimate of drug-likeness (QED) is 0.857. The molecule has 3 rings (SSSR count). The molecule has 2 N–H and O–H groups in total. The molecule has 1 aromatic rings. The monoisotopic (exact) mass is 279 g/mol. The maximum atomic E-state index is 6.23. The summed E-state index contributed by atoms with van der Waals surface area (Å²) in [7, 11) is 0. The second kappa shape index (κ2) is 5.06. The number of anilines is 1. The van der Waals surface area contributed by atoms with Crippen LogP contribution in [0, 0.1) is 11.8 Å². The summed E-state index contributed by atoms with van der Waals surface area (Å²) in [5.74, 6) is 1.51. The lowest BCUT2D eigenvalue weighted by Gasteiger charge is -2.41. The van der Waals surface area contributed by atoms with Crippen molar-refractivity contribution in [2.75, 3.05) is 11.4 Å². The van der Waals surface area contributed by atoms with E-state index in [4.69, 9.17) is 10.7 Å². The second-order valence-electron chi connectivity index (χ2n) is 6.52. The van der Waals surface area contributed by atoms with E-state index < -0.39 is 0 Å². The minimum absolute atomic E-state index is 0.227. The molecule has 4 atom stereocenters. The van der Waals surface area contributed by atoms with Crippen molar-refractivity contribution in [1.82, 2.24) is 4.98 Å². The van der Waals surface area contributed by atoms with Crippen LogP contribution in [-0.2, 0) is 6.42 Å². The number of aromatic nitrogens is 1. The highest BCUT2D eigenvalue weighted by Crippen LogP contribution is 2.39. The molecular formula is C15H25N3S. The lowest BCUT2D eigenvalue weighted by molar-refractivity contribution is 0.296. The first-order valence-electron chi connectivity index (χ1n) is 7.58. The minimum Gasteiger partial charge on any atom is -0.345 e. The van der Waals surface area contributed by atoms with Crippen molar-refractivity contribution in [2.45, 2.75) is 58.5 Å². The Bertz CT molecular complexity index is 456. The number of hydrogen-bond acceptors (Lipinski definition) is 4. The number of hydrogen-bond donors (Lipinski definition) is 1. The largest absolute Gasteiger partial charge is 0.345 e. The standard InChI is InChI=1S/C15H25N3S/c1-9-7-10(2)11(3)18(8-9)15-17-13-6-4-5-12(16)14(13)19-15/h9-12H,4-8,16H2,1-3H3. The fraction of sp³-hybridized carbons (Fsp3) is 0.800. The van der Waals surface area contributed by atoms with Crippen molar-refractivity contribution in [2.24, 2.45) is 17.6 Å². The molecule has 1 fully saturated rings. The molecular weight excluding hydrogens is 254 g/mol. The van der Waals surface area contributed by atoms with Crippen LogP contribution in [0.15, 0.2) is 0 Å². The van der Waals surface area contributed by atoms with Gasteiger partial charge in [0.1, 0.15) is 0 Å². The third kappa shape index (κ3) is 2.40. The van der Waals surface area contributed by atoms with Gasteiger partial charge in [-0.1, -0.05) is 25.2 Å². The highest BCUT2D eigenvalue weighted by atomic mass is 32.1. The second-order valence-corrected chi connectivity index (χ2v) is 7.53. The Morgan fingerprint density at radius 3 is 2.84 bits per heavy atom. The zero-order valence-corrected chi connectivity index (χ0v) is 13.0. The number of rotatable bonds is 1. The van der Waals surface area contributed by atoms with Crippen molar-refractivity contribution in [3.05, 3.63) is 10.6 Å². The molecule has 0 spiro atoms. The molecule has 0 aromatic carbocycles. The average Bonchev–Trinajstić information content (AvgIpc) is 2.79. The van der Waals surface area contributed by atoms with Gasteiger partial charge in [-0.05, 0) is 44.4 Å². The Morgan fingerprint density at radius 2 is 2.11 bits per heavy atom. The van der Waals surface area contributed by atoms with Gasteiger partial charge in [-0.3, -0.25) is 0 Å². The fourth-order valence-corrected chi connectivity index (χ4v) is 4.78. The summed E-state index contributed by atoms with van der Waals surface area (Å²) in [6.45, 7) is 8.21. The number of nitrogens with zero attached hydrogens (tertiary/aromatic N) is 2. The number of aryl methyl sites for hydroxylation is 1. The fourth-order valence-electron chi connectivity index (χ4n) is 3.53. The van der Waals surface area contributed by atoms with Gasteiger partial charge in [0.15, 0.2) is 5.13 Å². The van der Waals surface area contributed by atoms with Gasteiger partial charge in [0, 0.05) is 23.5 Å². The Hall–Kier alpha value is -0.610. The molecule has 2 heterocycles. The molecule has 0 amide bonds. The van der Waals surface area contributed by atoms with Crippen molar-refractivity contribution in [3.8, 4) is 0 Å². The number of fused-ring (bicyclic) bond motifs is 1. The third-order valence-corrected chi connectivity index (χ3v) is 6.09. The Kier molecular flexibility index (Phi) is 3.56. The van der Waals surface area contributed by atoms with Gasteiger partial charge in [0.25, 0.3) is 0 Å². The van der Waals surface area contributed by atoms with Gasteiger partial charge in [0.2, 0.25) is 0 Å². The highest BCUT2D eigenvalue weighted by Gasteiger charge is 2.32. The summed E-state index contributed by atoms with van der Waals surface area (Å²) in [4.78, 5) is 8.78. The zero-order valence-electron chi connectivity index (χ0n) is 12.2. The van der Waals surface area contributed by atoms with E-state index in [0.717, 1.165) is 31.2 Å². The molecule has 4 unspecified atom stereocenters. The van der Waals surface area contributed by atoms with Gasteiger partial charge < -0.3 is 10.6 Å². The smallest absolute Gasteiger partial charge is 0.186 e. The molecule has 3 nitrogen and oxygen atoms in total. The molecule has 1 aromatic heterocycles. The molecule has 0 radical (unpaired) electrons. The minimum atomic E-state index is 0.227. The van der Waals surface area contributed by atoms with Crippen molar-refractivity contribution in [1.29, 1.82) is 0 Å². The van der Waals surface area contributed by atoms with E-state index in [1.54, 1.807) is 0 Å². The number of piperidine rings is 1. The third-order valence-electron chi connectivity index (χ3n) is 4.83. The number of thiazole rings is 1. The van der Waals surface area contributed by atoms with E-state index in [1.165, 1.54) is 28.5 Å². The first kappa shape index (κ1) is 13.4. The molecule has 1 aliphatic heterocycles. The Labute approximate surface area is 120 Å². The molecule has 0 bridgehead atoms. The van der Waals surface area contributed by atoms with Gasteiger partial charge in [-0.15, -0.1) is 0 Å². The van der Waals surface area contributed by atoms with Crippen LogP contribution in [0.25, 0.3) is 0 Å². The predicted molar refractivity (Wildman–Crippen MR) is 81.7 cm³/mol. The normalized spacial score (nSPS) is 35.3. The van der Waals surface area contributed by atoms with Crippen LogP contribution in [0.5, 0.6) is 0 Å². The van der Waals surface area contributed by atoms with Crippen LogP contribution in [0.3, 0.4) is 0 Å². The van der Waals surface area contributed by atoms with Gasteiger partial charge >= 0.3 is 0 Å². The van der Waals surface area contributed by atoms with E-state index in [-0.39, 0.29) is 6.04 Å². The molecule has 4 heteroatoms. The molecule has 19 heavy (non-hydrogen) atoms. The molecule has 1 saturated heterocycles. The van der Waals surface area contributed by atoms with Crippen LogP contribution < -0.4 is 10.6 Å². The van der Waals surface area contributed by atoms with Crippen LogP contribution in [0.4, 0.5) is 5.13 Å². The van der Waals surface area contributed by atoms with E-state index in [2.05, 4.69) is 25.7 Å². The molecule has 0 saturated carbocycles. The highest BCUT2D eigenvalue weighted by molar-refractivity contribution is 7.15. The van der Waals surface area contributed by atoms with Crippen molar-refractivity contribution >= 4 is 16.5 Å². The molecule has 106 valence electrons. The van der Waals surface area contributed by atoms with Crippen molar-refractivity contribution < 1.29 is 0 Å². The molecule has 2 aliphatic rings. The summed E-state index contributed by atoms with van der Waals surface area (Å²) < 4.78 is 0. The lowest BCUT2D eigenvalue weighted by Crippen LogP contribution is -2.45. The van der Waals surface area contributed by atoms with Crippen LogP contribution in [0.2, 0.25) is 0 Å². The Morgan fingerprint density at radius 1 is 1.32 bits per heavy atom. The summed E-state index contributed by atoms with van der Waals surface area (Å²) in [5, 5.41) is 1.22. The van der Waals surface area contributed by atoms with Crippen LogP contribution >= 0.6 is 11.3 Å². The molecule has 1 aliphatic carbocycles. The number of nitrogens with two attached hydrogens (primary N) is 1. The summed E-state index contributed by atoms with van der Waals surface area (Å²) in [5.41, 5.74) is 7.51. The maximum Gasteiger partial charge on any atom is 0.186 e. The first-order valence-corrected chi connectivity index (χ1v) is 8.39. The maximum absolute atomic E-state index is 6.23. The summed E-state index contributed by atoms with van der Waals surface area (Å²) in [6.07, 6.45) is 4.77. The van der Waals surface area contributed by atoms with E-state index in [1.807, 2.05) is 11.3 Å². The van der Waals surface area contributed by atoms with E-state index in [9.17, 15) is 0 Å². The Balaban J connectivity index is 1.89. The summed E-state index contributed by atoms with van der Waals surface area (Å²) >= 11 is 1.85. The van der Waals surface area contributed by atoms with Crippen LogP contribution in [0.1, 0.15) is 56.6 Å². The van der Waals surface area contributed by atoms with Gasteiger partial charge in [-0.2, -0.15) is 0 Å². The zero-order chi connectivity index (χ0) is 13.6. The van der Waals surface area contributed by atoms with Crippen molar-refractivity contribution in [3.63, 3.8) is 0 Å². The van der Waals surface area contributed by atoms with Gasteiger partial charge in [-0.25, -0.2) is 4.98 Å². The van der Waals surface area contributed by atoms with E-state index in [0.29, 0.717) is 6.04 Å². The van der Waals surface area contributed by atoms with Gasteiger partial charge in [0.05, 0.1) is 5.69 Å². The topological polar surface area (TPSA) is 42.2 Å². The van der Waals surface area contributed by atoms with E-state index >= 15 is 0 Å².